The van der Waals surface area contributed by atoms with Crippen molar-refractivity contribution >= 4 is 69.2 Å². The highest BCUT2D eigenvalue weighted by Gasteiger charge is 2.38. The molecule has 0 atom stereocenters. The lowest BCUT2D eigenvalue weighted by molar-refractivity contribution is 0.660. The number of fused-ring (bicyclic) bond motifs is 7. The predicted molar refractivity (Wildman–Crippen MR) is 337 cm³/mol. The second-order valence-electron chi connectivity index (χ2n) is 23.9. The van der Waals surface area contributed by atoms with E-state index < -0.39 is 0 Å². The van der Waals surface area contributed by atoms with E-state index in [2.05, 4.69) is 299 Å². The van der Waals surface area contributed by atoms with Crippen LogP contribution in [-0.2, 0) is 10.8 Å². The fourth-order valence-electron chi connectivity index (χ4n) is 13.1. The fourth-order valence-corrected chi connectivity index (χ4v) is 13.1. The average Bonchev–Trinajstić information content (AvgIpc) is 3.95. The van der Waals surface area contributed by atoms with Crippen LogP contribution in [-0.4, -0.2) is 0 Å². The van der Waals surface area contributed by atoms with E-state index in [9.17, 15) is 0 Å². The van der Waals surface area contributed by atoms with E-state index in [1.807, 2.05) is 0 Å². The van der Waals surface area contributed by atoms with Crippen LogP contribution in [0, 0.1) is 55.4 Å². The lowest BCUT2D eigenvalue weighted by Crippen LogP contribution is -2.17. The molecular formula is C76H70N2. The monoisotopic (exact) mass is 1010 g/mol. The van der Waals surface area contributed by atoms with Gasteiger partial charge in [0, 0.05) is 45.0 Å². The molecule has 384 valence electrons. The first-order valence-corrected chi connectivity index (χ1v) is 27.8. The van der Waals surface area contributed by atoms with Crippen molar-refractivity contribution in [1.29, 1.82) is 0 Å². The van der Waals surface area contributed by atoms with E-state index in [0.717, 1.165) is 0 Å². The van der Waals surface area contributed by atoms with Crippen LogP contribution in [0.3, 0.4) is 0 Å². The zero-order valence-electron chi connectivity index (χ0n) is 47.5. The summed E-state index contributed by atoms with van der Waals surface area (Å²) in [6, 6.07) is 69.3. The van der Waals surface area contributed by atoms with Gasteiger partial charge in [-0.1, -0.05) is 149 Å². The molecule has 12 rings (SSSR count). The molecule has 0 radical (unpaired) electrons. The van der Waals surface area contributed by atoms with E-state index >= 15 is 0 Å². The third kappa shape index (κ3) is 9.28. The first kappa shape index (κ1) is 50.4. The minimum Gasteiger partial charge on any atom is -0.310 e. The Morgan fingerprint density at radius 2 is 0.487 bits per heavy atom. The molecule has 10 aromatic carbocycles. The Morgan fingerprint density at radius 3 is 0.782 bits per heavy atom. The summed E-state index contributed by atoms with van der Waals surface area (Å²) < 4.78 is 0. The van der Waals surface area contributed by atoms with Crippen molar-refractivity contribution in [3.63, 3.8) is 0 Å². The third-order valence-electron chi connectivity index (χ3n) is 16.6. The molecule has 0 aliphatic heterocycles. The van der Waals surface area contributed by atoms with Crippen molar-refractivity contribution in [2.75, 3.05) is 9.80 Å². The summed E-state index contributed by atoms with van der Waals surface area (Å²) in [6.07, 6.45) is 9.06. The number of benzene rings is 10. The molecule has 2 nitrogen and oxygen atoms in total. The first-order chi connectivity index (χ1) is 37.3. The number of hydrogen-bond donors (Lipinski definition) is 0. The SMILES string of the molecule is Cc1cc(C)cc(N(c2cc(C)cc(C)c2)c2ccc3c(c2)C(C)(C)c2cc(/C=C/c4ccc5cc(/C=C/c6ccc7c(c6)C(C)(C)c6cc(N(c8cc(C)cc(C)c8)c8cc(C)cc(C)c8)ccc6-7)ccc5c4)ccc2-3)c1. The van der Waals surface area contributed by atoms with E-state index in [-0.39, 0.29) is 10.8 Å². The lowest BCUT2D eigenvalue weighted by Gasteiger charge is -2.29. The lowest BCUT2D eigenvalue weighted by atomic mass is 9.81. The van der Waals surface area contributed by atoms with Gasteiger partial charge in [0.15, 0.2) is 0 Å². The number of nitrogens with zero attached hydrogens (tertiary/aromatic N) is 2. The van der Waals surface area contributed by atoms with E-state index in [1.54, 1.807) is 0 Å². The molecule has 0 bridgehead atoms. The van der Waals surface area contributed by atoms with Crippen LogP contribution in [0.1, 0.15) is 117 Å². The second-order valence-corrected chi connectivity index (χ2v) is 23.9. The Kier molecular flexibility index (Phi) is 12.4. The molecule has 0 spiro atoms. The van der Waals surface area contributed by atoms with Gasteiger partial charge in [0.1, 0.15) is 0 Å². The molecule has 2 aliphatic carbocycles. The van der Waals surface area contributed by atoms with Gasteiger partial charge in [-0.05, 0) is 262 Å². The minimum absolute atomic E-state index is 0.170. The molecule has 0 aromatic heterocycles. The zero-order valence-corrected chi connectivity index (χ0v) is 47.5. The summed E-state index contributed by atoms with van der Waals surface area (Å²) in [4.78, 5) is 4.87. The fraction of sp³-hybridized carbons (Fsp3) is 0.184. The first-order valence-electron chi connectivity index (χ1n) is 27.8. The topological polar surface area (TPSA) is 6.48 Å². The van der Waals surface area contributed by atoms with Gasteiger partial charge in [-0.2, -0.15) is 0 Å². The molecule has 0 fully saturated rings. The van der Waals surface area contributed by atoms with Gasteiger partial charge in [0.05, 0.1) is 0 Å². The van der Waals surface area contributed by atoms with Crippen molar-refractivity contribution in [2.45, 2.75) is 93.9 Å². The summed E-state index contributed by atoms with van der Waals surface area (Å²) in [7, 11) is 0. The number of rotatable bonds is 10. The van der Waals surface area contributed by atoms with Gasteiger partial charge in [-0.25, -0.2) is 0 Å². The van der Waals surface area contributed by atoms with E-state index in [0.29, 0.717) is 0 Å². The number of anilines is 6. The van der Waals surface area contributed by atoms with E-state index in [4.69, 9.17) is 0 Å². The highest BCUT2D eigenvalue weighted by molar-refractivity contribution is 5.92. The van der Waals surface area contributed by atoms with Crippen LogP contribution in [0.15, 0.2) is 182 Å². The average molecular weight is 1010 g/mol. The molecule has 2 aliphatic rings. The van der Waals surface area contributed by atoms with Crippen molar-refractivity contribution in [3.8, 4) is 22.3 Å². The van der Waals surface area contributed by atoms with Crippen molar-refractivity contribution in [1.82, 2.24) is 0 Å². The van der Waals surface area contributed by atoms with Gasteiger partial charge in [0.25, 0.3) is 0 Å². The summed E-state index contributed by atoms with van der Waals surface area (Å²) in [5.74, 6) is 0. The van der Waals surface area contributed by atoms with Crippen molar-refractivity contribution in [2.24, 2.45) is 0 Å². The summed E-state index contributed by atoms with van der Waals surface area (Å²) in [5.41, 5.74) is 32.4. The summed E-state index contributed by atoms with van der Waals surface area (Å²) in [6.45, 7) is 27.1. The third-order valence-corrected chi connectivity index (χ3v) is 16.6. The summed E-state index contributed by atoms with van der Waals surface area (Å²) >= 11 is 0. The Morgan fingerprint density at radius 1 is 0.244 bits per heavy atom. The maximum absolute atomic E-state index is 2.44. The number of hydrogen-bond acceptors (Lipinski definition) is 2. The molecule has 10 aromatic rings. The van der Waals surface area contributed by atoms with Gasteiger partial charge >= 0.3 is 0 Å². The zero-order chi connectivity index (χ0) is 54.4. The predicted octanol–water partition coefficient (Wildman–Crippen LogP) is 21.2. The quantitative estimate of drug-likeness (QED) is 0.126. The van der Waals surface area contributed by atoms with Crippen molar-refractivity contribution < 1.29 is 0 Å². The Bertz CT molecular complexity index is 3680. The molecule has 0 N–H and O–H groups in total. The molecule has 0 amide bonds. The second kappa shape index (κ2) is 19.2. The number of aryl methyl sites for hydroxylation is 8. The van der Waals surface area contributed by atoms with E-state index in [1.165, 1.54) is 156 Å². The normalized spacial score (nSPS) is 13.7. The largest absolute Gasteiger partial charge is 0.310 e. The maximum atomic E-state index is 2.44. The molecule has 2 heteroatoms. The smallest absolute Gasteiger partial charge is 0.0466 e. The minimum atomic E-state index is -0.170. The van der Waals surface area contributed by atoms with Crippen LogP contribution in [0.4, 0.5) is 34.1 Å². The highest BCUT2D eigenvalue weighted by Crippen LogP contribution is 2.53. The van der Waals surface area contributed by atoms with Gasteiger partial charge < -0.3 is 9.80 Å². The van der Waals surface area contributed by atoms with Crippen LogP contribution in [0.5, 0.6) is 0 Å². The van der Waals surface area contributed by atoms with Gasteiger partial charge in [0.2, 0.25) is 0 Å². The summed E-state index contributed by atoms with van der Waals surface area (Å²) in [5, 5.41) is 2.47. The van der Waals surface area contributed by atoms with Crippen LogP contribution < -0.4 is 9.80 Å². The Hall–Kier alpha value is -8.46. The van der Waals surface area contributed by atoms with Crippen molar-refractivity contribution in [3.05, 3.63) is 271 Å². The molecule has 0 saturated heterocycles. The highest BCUT2D eigenvalue weighted by atomic mass is 15.1. The molecule has 0 heterocycles. The standard InChI is InChI=1S/C76H70N2/c1-47-29-48(2)34-63(33-47)77(64-35-49(3)30-50(4)36-64)61-23-27-69-67-25-19-57(43-71(67)75(9,10)73(69)45-61)15-13-55-17-21-60-42-56(18-22-59(60)41-55)14-16-58-20-26-68-70-28-24-62(46-74(70)76(11,12)72(68)44-58)78(65-37-51(5)31-52(6)38-65)66-39-53(7)32-54(8)40-66/h13-46H,1-12H3/b15-13+,16-14+. The maximum Gasteiger partial charge on any atom is 0.0466 e. The van der Waals surface area contributed by atoms with Crippen LogP contribution in [0.25, 0.3) is 57.3 Å². The van der Waals surface area contributed by atoms with Crippen LogP contribution >= 0.6 is 0 Å². The Balaban J connectivity index is 0.767. The van der Waals surface area contributed by atoms with Gasteiger partial charge in [-0.15, -0.1) is 0 Å². The van der Waals surface area contributed by atoms with Gasteiger partial charge in [-0.3, -0.25) is 0 Å². The molecule has 78 heavy (non-hydrogen) atoms. The Labute approximate surface area is 463 Å². The molecule has 0 unspecified atom stereocenters. The molecular weight excluding hydrogens is 941 g/mol. The molecule has 0 saturated carbocycles. The van der Waals surface area contributed by atoms with Crippen LogP contribution in [0.2, 0.25) is 0 Å².